The molecule has 0 unspecified atom stereocenters. The highest BCUT2D eigenvalue weighted by atomic mass is 16.3. The maximum atomic E-state index is 12.9. The van der Waals surface area contributed by atoms with Gasteiger partial charge in [-0.2, -0.15) is 0 Å². The van der Waals surface area contributed by atoms with E-state index in [0.717, 1.165) is 24.6 Å². The Morgan fingerprint density at radius 2 is 2.07 bits per heavy atom. The largest absolute Gasteiger partial charge is 0.394 e. The Hall–Kier alpha value is -3.00. The maximum Gasteiger partial charge on any atom is 0.262 e. The molecule has 3 aromatic rings. The zero-order valence-electron chi connectivity index (χ0n) is 15.1. The van der Waals surface area contributed by atoms with Crippen LogP contribution in [0.1, 0.15) is 26.2 Å². The van der Waals surface area contributed by atoms with Gasteiger partial charge in [0.2, 0.25) is 5.95 Å². The molecule has 4 rings (SSSR count). The van der Waals surface area contributed by atoms with Gasteiger partial charge >= 0.3 is 0 Å². The van der Waals surface area contributed by atoms with Crippen molar-refractivity contribution < 1.29 is 5.11 Å². The molecule has 0 aliphatic heterocycles. The number of aromatic nitrogens is 4. The summed E-state index contributed by atoms with van der Waals surface area (Å²) in [6, 6.07) is 3.75. The molecule has 0 bridgehead atoms. The highest BCUT2D eigenvalue weighted by molar-refractivity contribution is 5.94. The molecular weight excluding hydrogens is 344 g/mol. The second-order valence-electron chi connectivity index (χ2n) is 6.97. The molecule has 1 aliphatic rings. The molecule has 0 radical (unpaired) electrons. The Bertz CT molecular complexity index is 1030. The van der Waals surface area contributed by atoms with Gasteiger partial charge in [0.1, 0.15) is 5.82 Å². The van der Waals surface area contributed by atoms with Crippen LogP contribution in [0.4, 0.5) is 11.8 Å². The molecule has 140 valence electrons. The van der Waals surface area contributed by atoms with Crippen LogP contribution in [0.15, 0.2) is 35.5 Å². The molecule has 1 fully saturated rings. The first-order chi connectivity index (χ1) is 13.0. The van der Waals surface area contributed by atoms with Crippen molar-refractivity contribution in [2.45, 2.75) is 38.3 Å². The molecule has 1 aliphatic carbocycles. The molecule has 0 atom stereocenters. The number of anilines is 2. The lowest BCUT2D eigenvalue weighted by Gasteiger charge is -2.41. The minimum Gasteiger partial charge on any atom is -0.394 e. The molecule has 1 saturated carbocycles. The van der Waals surface area contributed by atoms with Gasteiger partial charge in [0.05, 0.1) is 23.2 Å². The Morgan fingerprint density at radius 1 is 1.33 bits per heavy atom. The molecule has 0 amide bonds. The van der Waals surface area contributed by atoms with Crippen molar-refractivity contribution in [3.8, 4) is 11.3 Å². The van der Waals surface area contributed by atoms with E-state index in [2.05, 4.69) is 15.3 Å². The van der Waals surface area contributed by atoms with Crippen LogP contribution < -0.4 is 16.6 Å². The van der Waals surface area contributed by atoms with Gasteiger partial charge in [-0.1, -0.05) is 0 Å². The second kappa shape index (κ2) is 6.62. The second-order valence-corrected chi connectivity index (χ2v) is 6.97. The number of hydrogen-bond donors (Lipinski definition) is 3. The fourth-order valence-electron chi connectivity index (χ4n) is 3.44. The van der Waals surface area contributed by atoms with Gasteiger partial charge in [0.15, 0.2) is 0 Å². The third-order valence-electron chi connectivity index (χ3n) is 5.26. The molecular formula is C19H22N6O2. The summed E-state index contributed by atoms with van der Waals surface area (Å²) in [4.78, 5) is 25.7. The van der Waals surface area contributed by atoms with E-state index in [0.29, 0.717) is 29.0 Å². The first kappa shape index (κ1) is 17.4. The first-order valence-corrected chi connectivity index (χ1v) is 9.06. The number of nitrogen functional groups attached to an aromatic ring is 1. The zero-order chi connectivity index (χ0) is 19.0. The van der Waals surface area contributed by atoms with Crippen LogP contribution in [0.25, 0.3) is 22.0 Å². The van der Waals surface area contributed by atoms with Crippen LogP contribution in [-0.4, -0.2) is 36.8 Å². The summed E-state index contributed by atoms with van der Waals surface area (Å²) in [6.07, 6.45) is 7.73. The van der Waals surface area contributed by atoms with E-state index in [1.807, 2.05) is 19.1 Å². The molecule has 8 heteroatoms. The summed E-state index contributed by atoms with van der Waals surface area (Å²) >= 11 is 0. The first-order valence-electron chi connectivity index (χ1n) is 9.06. The van der Waals surface area contributed by atoms with Crippen molar-refractivity contribution in [1.29, 1.82) is 0 Å². The Kier molecular flexibility index (Phi) is 4.27. The lowest BCUT2D eigenvalue weighted by molar-refractivity contribution is 0.144. The molecule has 0 spiro atoms. The van der Waals surface area contributed by atoms with Crippen molar-refractivity contribution in [3.63, 3.8) is 0 Å². The van der Waals surface area contributed by atoms with Gasteiger partial charge < -0.3 is 20.7 Å². The summed E-state index contributed by atoms with van der Waals surface area (Å²) < 4.78 is 1.65. The Morgan fingerprint density at radius 3 is 2.67 bits per heavy atom. The smallest absolute Gasteiger partial charge is 0.262 e. The van der Waals surface area contributed by atoms with E-state index in [9.17, 15) is 9.90 Å². The average molecular weight is 366 g/mol. The predicted octanol–water partition coefficient (Wildman–Crippen LogP) is 1.78. The lowest BCUT2D eigenvalue weighted by Crippen LogP contribution is -2.48. The standard InChI is InChI=1S/C19H22N6O2/c1-2-25-7-4-12-8-14(13-9-21-18(20)22-10-13)23-16(15(12)17(25)27)24-19(11-26)5-3-6-19/h4,7-10,26H,2-3,5-6,11H2,1H3,(H,23,24)(H2,20,21,22). The van der Waals surface area contributed by atoms with Gasteiger partial charge in [-0.25, -0.2) is 15.0 Å². The highest BCUT2D eigenvalue weighted by Gasteiger charge is 2.37. The topological polar surface area (TPSA) is 119 Å². The third kappa shape index (κ3) is 3.02. The highest BCUT2D eigenvalue weighted by Crippen LogP contribution is 2.36. The van der Waals surface area contributed by atoms with Gasteiger partial charge in [-0.15, -0.1) is 0 Å². The van der Waals surface area contributed by atoms with Gasteiger partial charge in [-0.3, -0.25) is 4.79 Å². The van der Waals surface area contributed by atoms with E-state index < -0.39 is 5.54 Å². The summed E-state index contributed by atoms with van der Waals surface area (Å²) in [5.74, 6) is 0.679. The quantitative estimate of drug-likeness (QED) is 0.630. The van der Waals surface area contributed by atoms with E-state index in [1.54, 1.807) is 23.2 Å². The number of nitrogens with two attached hydrogens (primary N) is 1. The third-order valence-corrected chi connectivity index (χ3v) is 5.26. The number of fused-ring (bicyclic) bond motifs is 1. The number of hydrogen-bond acceptors (Lipinski definition) is 7. The lowest BCUT2D eigenvalue weighted by atomic mass is 9.77. The van der Waals surface area contributed by atoms with E-state index >= 15 is 0 Å². The number of rotatable bonds is 5. The van der Waals surface area contributed by atoms with Crippen LogP contribution in [0, 0.1) is 0 Å². The van der Waals surface area contributed by atoms with Crippen LogP contribution in [-0.2, 0) is 6.54 Å². The van der Waals surface area contributed by atoms with Gasteiger partial charge in [-0.05, 0) is 43.7 Å². The monoisotopic (exact) mass is 366 g/mol. The van der Waals surface area contributed by atoms with Crippen molar-refractivity contribution >= 4 is 22.5 Å². The number of aryl methyl sites for hydroxylation is 1. The molecule has 8 nitrogen and oxygen atoms in total. The number of aliphatic hydroxyl groups excluding tert-OH is 1. The van der Waals surface area contributed by atoms with Crippen LogP contribution in [0.2, 0.25) is 0 Å². The van der Waals surface area contributed by atoms with E-state index in [4.69, 9.17) is 10.7 Å². The molecule has 4 N–H and O–H groups in total. The molecule has 3 aromatic heterocycles. The van der Waals surface area contributed by atoms with Gasteiger partial charge in [0.25, 0.3) is 5.56 Å². The van der Waals surface area contributed by atoms with E-state index in [-0.39, 0.29) is 18.1 Å². The molecule has 0 aromatic carbocycles. The number of aliphatic hydroxyl groups is 1. The number of nitrogens with zero attached hydrogens (tertiary/aromatic N) is 4. The fourth-order valence-corrected chi connectivity index (χ4v) is 3.44. The summed E-state index contributed by atoms with van der Waals surface area (Å²) in [6.45, 7) is 2.50. The zero-order valence-corrected chi connectivity index (χ0v) is 15.1. The Balaban J connectivity index is 1.92. The van der Waals surface area contributed by atoms with Gasteiger partial charge in [0, 0.05) is 30.7 Å². The summed E-state index contributed by atoms with van der Waals surface area (Å²) in [5.41, 5.74) is 6.41. The molecule has 0 saturated heterocycles. The number of pyridine rings is 2. The van der Waals surface area contributed by atoms with Crippen molar-refractivity contribution in [1.82, 2.24) is 19.5 Å². The van der Waals surface area contributed by atoms with Crippen molar-refractivity contribution in [2.75, 3.05) is 17.7 Å². The number of nitrogens with one attached hydrogen (secondary N) is 1. The van der Waals surface area contributed by atoms with Crippen molar-refractivity contribution in [3.05, 3.63) is 41.1 Å². The van der Waals surface area contributed by atoms with Crippen LogP contribution in [0.3, 0.4) is 0 Å². The predicted molar refractivity (Wildman–Crippen MR) is 104 cm³/mol. The summed E-state index contributed by atoms with van der Waals surface area (Å²) in [7, 11) is 0. The molecule has 3 heterocycles. The SMILES string of the molecule is CCn1ccc2cc(-c3cnc(N)nc3)nc(NC3(CO)CCC3)c2c1=O. The minimum absolute atomic E-state index is 0.000183. The van der Waals surface area contributed by atoms with Crippen LogP contribution >= 0.6 is 0 Å². The van der Waals surface area contributed by atoms with Crippen molar-refractivity contribution in [2.24, 2.45) is 0 Å². The normalized spacial score (nSPS) is 15.5. The minimum atomic E-state index is -0.421. The Labute approximate surface area is 156 Å². The molecule has 27 heavy (non-hydrogen) atoms. The average Bonchev–Trinajstić information content (AvgIpc) is 2.65. The summed E-state index contributed by atoms with van der Waals surface area (Å²) in [5, 5.41) is 14.5. The van der Waals surface area contributed by atoms with E-state index in [1.165, 1.54) is 0 Å². The van der Waals surface area contributed by atoms with Crippen LogP contribution in [0.5, 0.6) is 0 Å². The fraction of sp³-hybridized carbons (Fsp3) is 0.368. The maximum absolute atomic E-state index is 12.9.